The molecule has 1 aromatic carbocycles. The first-order valence-electron chi connectivity index (χ1n) is 11.5. The van der Waals surface area contributed by atoms with Crippen LogP contribution >= 0.6 is 0 Å². The van der Waals surface area contributed by atoms with E-state index in [0.29, 0.717) is 40.5 Å². The van der Waals surface area contributed by atoms with Crippen LogP contribution in [0.1, 0.15) is 45.9 Å². The molecule has 1 aromatic heterocycles. The molecule has 0 fully saturated rings. The van der Waals surface area contributed by atoms with E-state index in [-0.39, 0.29) is 5.91 Å². The summed E-state index contributed by atoms with van der Waals surface area (Å²) < 4.78 is 15.6. The van der Waals surface area contributed by atoms with Gasteiger partial charge >= 0.3 is 12.2 Å². The van der Waals surface area contributed by atoms with Gasteiger partial charge in [-0.25, -0.2) is 14.6 Å². The molecular weight excluding hydrogens is 464 g/mol. The Morgan fingerprint density at radius 2 is 1.86 bits per heavy atom. The number of anilines is 2. The number of carbonyl (C=O) groups excluding carboxylic acids is 3. The van der Waals surface area contributed by atoms with Gasteiger partial charge in [-0.15, -0.1) is 0 Å². The number of hydrogen-bond acceptors (Lipinski definition) is 7. The number of ether oxygens (including phenoxy) is 3. The van der Waals surface area contributed by atoms with E-state index in [4.69, 9.17) is 9.47 Å². The van der Waals surface area contributed by atoms with Crippen molar-refractivity contribution >= 4 is 29.5 Å². The molecule has 0 radical (unpaired) electrons. The summed E-state index contributed by atoms with van der Waals surface area (Å²) in [5, 5.41) is 8.43. The van der Waals surface area contributed by atoms with Crippen molar-refractivity contribution in [3.8, 4) is 17.0 Å². The van der Waals surface area contributed by atoms with Crippen LogP contribution in [0, 0.1) is 5.92 Å². The predicted molar refractivity (Wildman–Crippen MR) is 136 cm³/mol. The lowest BCUT2D eigenvalue weighted by molar-refractivity contribution is -0.118. The average Bonchev–Trinajstić information content (AvgIpc) is 2.81. The van der Waals surface area contributed by atoms with Crippen molar-refractivity contribution in [2.24, 2.45) is 5.92 Å². The number of hydrogen-bond donors (Lipinski definition) is 3. The topological polar surface area (TPSA) is 128 Å². The molecule has 10 heteroatoms. The maximum Gasteiger partial charge on any atom is 0.411 e. The van der Waals surface area contributed by atoms with E-state index in [1.165, 1.54) is 14.2 Å². The first kappa shape index (κ1) is 26.5. The monoisotopic (exact) mass is 496 g/mol. The summed E-state index contributed by atoms with van der Waals surface area (Å²) >= 11 is 0. The molecular formula is C26H32N4O6. The highest BCUT2D eigenvalue weighted by atomic mass is 16.6. The maximum atomic E-state index is 12.9. The molecule has 1 aliphatic heterocycles. The summed E-state index contributed by atoms with van der Waals surface area (Å²) in [7, 11) is 2.77. The van der Waals surface area contributed by atoms with Crippen LogP contribution in [0.4, 0.5) is 21.0 Å². The summed E-state index contributed by atoms with van der Waals surface area (Å²) in [6.07, 6.45) is 2.76. The zero-order valence-electron chi connectivity index (χ0n) is 21.3. The van der Waals surface area contributed by atoms with Crippen LogP contribution in [0.3, 0.4) is 0 Å². The van der Waals surface area contributed by atoms with E-state index in [9.17, 15) is 14.4 Å². The number of aromatic nitrogens is 1. The van der Waals surface area contributed by atoms with Gasteiger partial charge in [-0.1, -0.05) is 25.1 Å². The van der Waals surface area contributed by atoms with Gasteiger partial charge in [0, 0.05) is 17.3 Å². The molecule has 36 heavy (non-hydrogen) atoms. The largest absolute Gasteiger partial charge is 0.481 e. The Labute approximate surface area is 210 Å². The Balaban J connectivity index is 2.12. The minimum atomic E-state index is -0.667. The van der Waals surface area contributed by atoms with Gasteiger partial charge in [0.1, 0.15) is 5.60 Å². The van der Waals surface area contributed by atoms with E-state index >= 15 is 0 Å². The zero-order chi connectivity index (χ0) is 26.5. The quantitative estimate of drug-likeness (QED) is 0.508. The number of rotatable bonds is 3. The van der Waals surface area contributed by atoms with Gasteiger partial charge in [-0.3, -0.25) is 10.1 Å². The van der Waals surface area contributed by atoms with Crippen molar-refractivity contribution in [2.75, 3.05) is 24.9 Å². The van der Waals surface area contributed by atoms with Gasteiger partial charge in [0.05, 0.1) is 37.6 Å². The lowest BCUT2D eigenvalue weighted by Crippen LogP contribution is -2.35. The summed E-state index contributed by atoms with van der Waals surface area (Å²) in [6.45, 7) is 7.13. The molecule has 2 heterocycles. The molecule has 3 N–H and O–H groups in total. The maximum absolute atomic E-state index is 12.9. The second-order valence-electron chi connectivity index (χ2n) is 9.34. The first-order valence-corrected chi connectivity index (χ1v) is 11.5. The van der Waals surface area contributed by atoms with Crippen LogP contribution in [0.15, 0.2) is 42.5 Å². The minimum absolute atomic E-state index is 0.235. The number of amides is 3. The predicted octanol–water partition coefficient (Wildman–Crippen LogP) is 5.04. The molecule has 0 spiro atoms. The number of alkyl carbamates (subject to hydrolysis) is 1. The van der Waals surface area contributed by atoms with Gasteiger partial charge in [0.15, 0.2) is 0 Å². The smallest absolute Gasteiger partial charge is 0.411 e. The normalized spacial score (nSPS) is 18.3. The number of fused-ring (bicyclic) bond motifs is 4. The highest BCUT2D eigenvalue weighted by Gasteiger charge is 2.24. The number of benzene rings is 1. The van der Waals surface area contributed by atoms with Crippen molar-refractivity contribution in [1.82, 2.24) is 10.3 Å². The van der Waals surface area contributed by atoms with Crippen LogP contribution in [0.5, 0.6) is 5.88 Å². The molecule has 0 unspecified atom stereocenters. The molecule has 3 amide bonds. The number of nitrogens with one attached hydrogen (secondary N) is 3. The van der Waals surface area contributed by atoms with Crippen LogP contribution in [0.2, 0.25) is 0 Å². The highest BCUT2D eigenvalue weighted by molar-refractivity contribution is 5.99. The Bertz CT molecular complexity index is 1170. The van der Waals surface area contributed by atoms with Gasteiger partial charge in [0.25, 0.3) is 0 Å². The van der Waals surface area contributed by atoms with Gasteiger partial charge in [-0.05, 0) is 51.0 Å². The molecule has 2 atom stereocenters. The van der Waals surface area contributed by atoms with E-state index in [1.54, 1.807) is 58.0 Å². The van der Waals surface area contributed by atoms with Crippen molar-refractivity contribution in [2.45, 2.75) is 45.8 Å². The summed E-state index contributed by atoms with van der Waals surface area (Å²) in [5.41, 5.74) is 2.19. The van der Waals surface area contributed by atoms with E-state index in [2.05, 4.69) is 25.7 Å². The molecule has 2 aromatic rings. The van der Waals surface area contributed by atoms with E-state index < -0.39 is 29.7 Å². The lowest BCUT2D eigenvalue weighted by atomic mass is 9.98. The molecule has 10 nitrogen and oxygen atoms in total. The Hall–Kier alpha value is -4.08. The van der Waals surface area contributed by atoms with Crippen LogP contribution < -0.4 is 20.7 Å². The standard InChI is InChI=1S/C26H32N4O6/c1-15-8-7-9-19(30-25(33)36-26(2,3)4)21-12-16(13-22(28-21)34-5)18-11-10-17(27-24(32)35-6)14-20(18)29-23(15)31/h7-8,10-15,19H,9H2,1-6H3,(H,27,32)(H,29,31)(H,30,33)/b8-7+/t15-,19-/m0/s1. The number of methoxy groups -OCH3 is 2. The Morgan fingerprint density at radius 3 is 2.53 bits per heavy atom. The van der Waals surface area contributed by atoms with Crippen LogP contribution in [-0.4, -0.2) is 42.9 Å². The molecule has 3 rings (SSSR count). The third kappa shape index (κ3) is 6.97. The summed E-state index contributed by atoms with van der Waals surface area (Å²) in [5.74, 6) is -0.361. The van der Waals surface area contributed by atoms with Gasteiger partial charge in [0.2, 0.25) is 11.8 Å². The molecule has 192 valence electrons. The summed E-state index contributed by atoms with van der Waals surface area (Å²) in [6, 6.07) is 8.12. The van der Waals surface area contributed by atoms with E-state index in [0.717, 1.165) is 0 Å². The van der Waals surface area contributed by atoms with Crippen molar-refractivity contribution in [3.05, 3.63) is 48.2 Å². The SMILES string of the molecule is COC(=O)Nc1ccc2c(c1)NC(=O)[C@@H](C)/C=C/C[C@H](NC(=O)OC(C)(C)C)c1cc-2cc(OC)n1. The fraction of sp³-hybridized carbons (Fsp3) is 0.385. The van der Waals surface area contributed by atoms with Gasteiger partial charge < -0.3 is 24.8 Å². The molecule has 0 saturated carbocycles. The second kappa shape index (κ2) is 11.1. The van der Waals surface area contributed by atoms with Gasteiger partial charge in [-0.2, -0.15) is 0 Å². The average molecular weight is 497 g/mol. The Morgan fingerprint density at radius 1 is 1.11 bits per heavy atom. The molecule has 0 aliphatic carbocycles. The first-order chi connectivity index (χ1) is 17.0. The molecule has 2 bridgehead atoms. The molecule has 1 aliphatic rings. The number of pyridine rings is 1. The van der Waals surface area contributed by atoms with Crippen LogP contribution in [0.25, 0.3) is 11.1 Å². The third-order valence-corrected chi connectivity index (χ3v) is 5.31. The zero-order valence-corrected chi connectivity index (χ0v) is 21.3. The number of nitrogens with zero attached hydrogens (tertiary/aromatic N) is 1. The Kier molecular flexibility index (Phi) is 8.18. The molecule has 0 saturated heterocycles. The minimum Gasteiger partial charge on any atom is -0.481 e. The van der Waals surface area contributed by atoms with E-state index in [1.807, 2.05) is 12.1 Å². The fourth-order valence-corrected chi connectivity index (χ4v) is 3.57. The number of carbonyl (C=O) groups is 3. The van der Waals surface area contributed by atoms with Crippen LogP contribution in [-0.2, 0) is 14.3 Å². The fourth-order valence-electron chi connectivity index (χ4n) is 3.57. The highest BCUT2D eigenvalue weighted by Crippen LogP contribution is 2.35. The van der Waals surface area contributed by atoms with Crippen molar-refractivity contribution in [3.63, 3.8) is 0 Å². The van der Waals surface area contributed by atoms with Crippen molar-refractivity contribution < 1.29 is 28.6 Å². The third-order valence-electron chi connectivity index (χ3n) is 5.31. The lowest BCUT2D eigenvalue weighted by Gasteiger charge is -2.24. The summed E-state index contributed by atoms with van der Waals surface area (Å²) in [4.78, 5) is 41.8. The van der Waals surface area contributed by atoms with Crippen molar-refractivity contribution in [1.29, 1.82) is 0 Å². The second-order valence-corrected chi connectivity index (χ2v) is 9.34.